The van der Waals surface area contributed by atoms with Crippen LogP contribution >= 0.6 is 0 Å². The Labute approximate surface area is 107 Å². The summed E-state index contributed by atoms with van der Waals surface area (Å²) in [6.07, 6.45) is 2.67. The van der Waals surface area contributed by atoms with Crippen molar-refractivity contribution in [2.45, 2.75) is 17.7 Å². The summed E-state index contributed by atoms with van der Waals surface area (Å²) in [6, 6.07) is 6.64. The zero-order valence-electron chi connectivity index (χ0n) is 9.95. The summed E-state index contributed by atoms with van der Waals surface area (Å²) in [4.78, 5) is 12.9. The van der Waals surface area contributed by atoms with Gasteiger partial charge in [0.2, 0.25) is 10.0 Å². The molecule has 0 aliphatic carbocycles. The van der Waals surface area contributed by atoms with E-state index in [-0.39, 0.29) is 10.8 Å². The van der Waals surface area contributed by atoms with Gasteiger partial charge in [0.25, 0.3) is 0 Å². The molecule has 0 spiro atoms. The van der Waals surface area contributed by atoms with Gasteiger partial charge in [-0.25, -0.2) is 13.6 Å². The third-order valence-corrected chi connectivity index (χ3v) is 4.12. The fourth-order valence-electron chi connectivity index (χ4n) is 2.30. The van der Waals surface area contributed by atoms with Crippen molar-refractivity contribution in [3.05, 3.63) is 24.3 Å². The number of para-hydroxylation sites is 1. The van der Waals surface area contributed by atoms with Gasteiger partial charge in [0.15, 0.2) is 0 Å². The molecule has 1 unspecified atom stereocenters. The minimum Gasteiger partial charge on any atom is -0.370 e. The van der Waals surface area contributed by atoms with Crippen molar-refractivity contribution in [3.8, 4) is 0 Å². The minimum atomic E-state index is -3.74. The summed E-state index contributed by atoms with van der Waals surface area (Å²) in [7, 11) is -3.74. The van der Waals surface area contributed by atoms with Crippen molar-refractivity contribution < 1.29 is 13.2 Å². The van der Waals surface area contributed by atoms with Gasteiger partial charge in [-0.05, 0) is 25.0 Å². The quantitative estimate of drug-likeness (QED) is 0.820. The van der Waals surface area contributed by atoms with Gasteiger partial charge in [-0.3, -0.25) is 0 Å². The van der Waals surface area contributed by atoms with Crippen LogP contribution in [0.1, 0.15) is 12.8 Å². The van der Waals surface area contributed by atoms with E-state index in [0.717, 1.165) is 25.7 Å². The lowest BCUT2D eigenvalue weighted by atomic mass is 9.99. The molecule has 98 valence electrons. The van der Waals surface area contributed by atoms with Gasteiger partial charge in [-0.1, -0.05) is 12.1 Å². The van der Waals surface area contributed by atoms with E-state index < -0.39 is 10.0 Å². The van der Waals surface area contributed by atoms with Gasteiger partial charge in [-0.15, -0.1) is 0 Å². The number of carbonyl (C=O) groups is 1. The van der Waals surface area contributed by atoms with E-state index in [0.29, 0.717) is 12.2 Å². The second kappa shape index (κ2) is 5.07. The molecule has 18 heavy (non-hydrogen) atoms. The third-order valence-electron chi connectivity index (χ3n) is 3.16. The predicted molar refractivity (Wildman–Crippen MR) is 68.8 cm³/mol. The van der Waals surface area contributed by atoms with Crippen LogP contribution in [-0.4, -0.2) is 27.8 Å². The van der Waals surface area contributed by atoms with E-state index in [4.69, 9.17) is 5.14 Å². The highest BCUT2D eigenvalue weighted by molar-refractivity contribution is 7.89. The Morgan fingerprint density at radius 3 is 2.72 bits per heavy atom. The van der Waals surface area contributed by atoms with E-state index >= 15 is 0 Å². The van der Waals surface area contributed by atoms with Crippen LogP contribution in [0.5, 0.6) is 0 Å². The number of aldehydes is 1. The first-order valence-electron chi connectivity index (χ1n) is 5.84. The van der Waals surface area contributed by atoms with Crippen molar-refractivity contribution in [1.82, 2.24) is 0 Å². The molecule has 0 saturated carbocycles. The zero-order chi connectivity index (χ0) is 13.2. The fraction of sp³-hybridized carbons (Fsp3) is 0.417. The van der Waals surface area contributed by atoms with E-state index in [2.05, 4.69) is 0 Å². The maximum absolute atomic E-state index is 11.5. The highest BCUT2D eigenvalue weighted by Gasteiger charge is 2.23. The van der Waals surface area contributed by atoms with Gasteiger partial charge in [0, 0.05) is 19.0 Å². The summed E-state index contributed by atoms with van der Waals surface area (Å²) in [5.41, 5.74) is 0.589. The van der Waals surface area contributed by atoms with E-state index in [1.54, 1.807) is 18.2 Å². The Hall–Kier alpha value is -1.40. The minimum absolute atomic E-state index is 0.0349. The summed E-state index contributed by atoms with van der Waals surface area (Å²) >= 11 is 0. The number of nitrogens with two attached hydrogens (primary N) is 1. The smallest absolute Gasteiger partial charge is 0.240 e. The molecule has 6 heteroatoms. The van der Waals surface area contributed by atoms with Crippen LogP contribution in [0, 0.1) is 5.92 Å². The molecule has 1 aliphatic heterocycles. The number of benzene rings is 1. The molecule has 1 saturated heterocycles. The van der Waals surface area contributed by atoms with Gasteiger partial charge in [0.05, 0.1) is 5.69 Å². The van der Waals surface area contributed by atoms with Gasteiger partial charge < -0.3 is 9.69 Å². The lowest BCUT2D eigenvalue weighted by Gasteiger charge is -2.33. The van der Waals surface area contributed by atoms with Crippen LogP contribution in [0.4, 0.5) is 5.69 Å². The van der Waals surface area contributed by atoms with Crippen molar-refractivity contribution in [2.24, 2.45) is 11.1 Å². The van der Waals surface area contributed by atoms with Crippen molar-refractivity contribution in [3.63, 3.8) is 0 Å². The molecule has 0 amide bonds. The Morgan fingerprint density at radius 2 is 2.06 bits per heavy atom. The Balaban J connectivity index is 2.36. The van der Waals surface area contributed by atoms with Crippen LogP contribution in [0.15, 0.2) is 29.2 Å². The number of rotatable bonds is 3. The van der Waals surface area contributed by atoms with Crippen LogP contribution < -0.4 is 10.0 Å². The maximum Gasteiger partial charge on any atom is 0.240 e. The monoisotopic (exact) mass is 268 g/mol. The average molecular weight is 268 g/mol. The summed E-state index contributed by atoms with van der Waals surface area (Å²) in [5.74, 6) is -0.0349. The fourth-order valence-corrected chi connectivity index (χ4v) is 3.06. The predicted octanol–water partition coefficient (Wildman–Crippen LogP) is 0.749. The first-order chi connectivity index (χ1) is 8.52. The van der Waals surface area contributed by atoms with Crippen molar-refractivity contribution >= 4 is 22.0 Å². The Bertz CT molecular complexity index is 542. The molecular weight excluding hydrogens is 252 g/mol. The molecule has 2 rings (SSSR count). The van der Waals surface area contributed by atoms with Crippen LogP contribution in [-0.2, 0) is 14.8 Å². The molecule has 5 nitrogen and oxygen atoms in total. The molecule has 0 aromatic heterocycles. The largest absolute Gasteiger partial charge is 0.370 e. The molecule has 1 heterocycles. The Morgan fingerprint density at radius 1 is 1.33 bits per heavy atom. The van der Waals surface area contributed by atoms with Crippen molar-refractivity contribution in [1.29, 1.82) is 0 Å². The van der Waals surface area contributed by atoms with Crippen LogP contribution in [0.25, 0.3) is 0 Å². The van der Waals surface area contributed by atoms with E-state index in [1.165, 1.54) is 6.07 Å². The average Bonchev–Trinajstić information content (AvgIpc) is 2.38. The summed E-state index contributed by atoms with van der Waals surface area (Å²) < 4.78 is 23.1. The third kappa shape index (κ3) is 2.70. The standard InChI is InChI=1S/C12H16N2O3S/c13-18(16,17)12-6-2-1-5-11(12)14-7-3-4-10(8-14)9-15/h1-2,5-6,9-10H,3-4,7-8H2,(H2,13,16,17). The molecule has 0 radical (unpaired) electrons. The normalized spacial score (nSPS) is 20.7. The molecule has 1 fully saturated rings. The van der Waals surface area contributed by atoms with E-state index in [1.807, 2.05) is 4.90 Å². The second-order valence-corrected chi connectivity index (χ2v) is 6.03. The van der Waals surface area contributed by atoms with E-state index in [9.17, 15) is 13.2 Å². The first kappa shape index (κ1) is 13.0. The van der Waals surface area contributed by atoms with Crippen molar-refractivity contribution in [2.75, 3.05) is 18.0 Å². The highest BCUT2D eigenvalue weighted by Crippen LogP contribution is 2.27. The summed E-state index contributed by atoms with van der Waals surface area (Å²) in [6.45, 7) is 1.30. The van der Waals surface area contributed by atoms with Crippen LogP contribution in [0.3, 0.4) is 0 Å². The number of primary sulfonamides is 1. The van der Waals surface area contributed by atoms with Gasteiger partial charge in [0.1, 0.15) is 11.2 Å². The highest BCUT2D eigenvalue weighted by atomic mass is 32.2. The molecule has 1 aliphatic rings. The number of sulfonamides is 1. The number of nitrogens with zero attached hydrogens (tertiary/aromatic N) is 1. The molecule has 0 bridgehead atoms. The maximum atomic E-state index is 11.5. The molecule has 1 aromatic carbocycles. The number of anilines is 1. The lowest BCUT2D eigenvalue weighted by Crippen LogP contribution is -2.37. The second-order valence-electron chi connectivity index (χ2n) is 4.50. The van der Waals surface area contributed by atoms with Crippen LogP contribution in [0.2, 0.25) is 0 Å². The number of piperidine rings is 1. The first-order valence-corrected chi connectivity index (χ1v) is 7.39. The molecule has 1 aromatic rings. The zero-order valence-corrected chi connectivity index (χ0v) is 10.8. The van der Waals surface area contributed by atoms with Gasteiger partial charge >= 0.3 is 0 Å². The molecule has 1 atom stereocenters. The molecular formula is C12H16N2O3S. The van der Waals surface area contributed by atoms with Gasteiger partial charge in [-0.2, -0.15) is 0 Å². The molecule has 2 N–H and O–H groups in total. The SMILES string of the molecule is NS(=O)(=O)c1ccccc1N1CCCC(C=O)C1. The number of hydrogen-bond donors (Lipinski definition) is 1. The number of hydrogen-bond acceptors (Lipinski definition) is 4. The topological polar surface area (TPSA) is 80.5 Å². The number of carbonyl (C=O) groups excluding carboxylic acids is 1. The lowest BCUT2D eigenvalue weighted by molar-refractivity contribution is -0.111. The summed E-state index contributed by atoms with van der Waals surface area (Å²) in [5, 5.41) is 5.21. The Kier molecular flexibility index (Phi) is 3.68.